The van der Waals surface area contributed by atoms with Gasteiger partial charge >= 0.3 is 0 Å². The van der Waals surface area contributed by atoms with Gasteiger partial charge in [0.25, 0.3) is 11.8 Å². The topological polar surface area (TPSA) is 107 Å². The number of aromatic nitrogens is 2. The van der Waals surface area contributed by atoms with E-state index in [1.54, 1.807) is 41.9 Å². The summed E-state index contributed by atoms with van der Waals surface area (Å²) < 4.78 is 13.1. The summed E-state index contributed by atoms with van der Waals surface area (Å²) in [4.78, 5) is 24.3. The van der Waals surface area contributed by atoms with E-state index in [4.69, 9.17) is 5.21 Å². The van der Waals surface area contributed by atoms with Crippen molar-refractivity contribution in [2.45, 2.75) is 25.3 Å². The Labute approximate surface area is 165 Å². The molecule has 4 rings (SSSR count). The van der Waals surface area contributed by atoms with Gasteiger partial charge in [-0.15, -0.1) is 0 Å². The van der Waals surface area contributed by atoms with Crippen molar-refractivity contribution in [3.8, 4) is 11.3 Å². The molecule has 1 atom stereocenters. The second-order valence-electron chi connectivity index (χ2n) is 6.95. The summed E-state index contributed by atoms with van der Waals surface area (Å²) in [7, 11) is 0. The van der Waals surface area contributed by atoms with Crippen LogP contribution in [0.25, 0.3) is 11.3 Å². The summed E-state index contributed by atoms with van der Waals surface area (Å²) in [6.45, 7) is 0. The van der Waals surface area contributed by atoms with E-state index in [0.717, 1.165) is 30.4 Å². The minimum atomic E-state index is -0.565. The lowest BCUT2D eigenvalue weighted by atomic mass is 9.86. The molecule has 0 spiro atoms. The van der Waals surface area contributed by atoms with Crippen LogP contribution in [0.1, 0.15) is 50.9 Å². The molecule has 0 radical (unpaired) electrons. The van der Waals surface area contributed by atoms with Gasteiger partial charge in [-0.2, -0.15) is 5.10 Å². The number of H-pyrrole nitrogens is 1. The Kier molecular flexibility index (Phi) is 5.09. The van der Waals surface area contributed by atoms with Gasteiger partial charge in [-0.25, -0.2) is 9.87 Å². The van der Waals surface area contributed by atoms with E-state index in [2.05, 4.69) is 15.5 Å². The summed E-state index contributed by atoms with van der Waals surface area (Å²) in [6.07, 6.45) is 2.45. The number of hydroxylamine groups is 1. The maximum absolute atomic E-state index is 13.1. The van der Waals surface area contributed by atoms with Crippen LogP contribution in [-0.2, 0) is 6.42 Å². The normalized spacial score (nSPS) is 15.4. The Hall–Kier alpha value is -3.52. The van der Waals surface area contributed by atoms with Gasteiger partial charge in [-0.3, -0.25) is 19.9 Å². The number of halogens is 1. The van der Waals surface area contributed by atoms with Crippen molar-refractivity contribution in [2.75, 3.05) is 0 Å². The molecule has 1 aromatic heterocycles. The van der Waals surface area contributed by atoms with Crippen LogP contribution < -0.4 is 10.8 Å². The van der Waals surface area contributed by atoms with E-state index >= 15 is 0 Å². The molecule has 0 aliphatic heterocycles. The highest BCUT2D eigenvalue weighted by Crippen LogP contribution is 2.31. The van der Waals surface area contributed by atoms with Crippen LogP contribution >= 0.6 is 0 Å². The van der Waals surface area contributed by atoms with Crippen molar-refractivity contribution in [1.82, 2.24) is 21.0 Å². The number of fused-ring (bicyclic) bond motifs is 1. The lowest BCUT2D eigenvalue weighted by molar-refractivity contribution is 0.0706. The third-order valence-corrected chi connectivity index (χ3v) is 5.09. The Morgan fingerprint density at radius 1 is 1.10 bits per heavy atom. The van der Waals surface area contributed by atoms with Crippen LogP contribution in [-0.4, -0.2) is 27.2 Å². The minimum Gasteiger partial charge on any atom is -0.344 e. The summed E-state index contributed by atoms with van der Waals surface area (Å²) in [5, 5.41) is 18.7. The number of aromatic amines is 1. The predicted molar refractivity (Wildman–Crippen MR) is 103 cm³/mol. The highest BCUT2D eigenvalue weighted by molar-refractivity contribution is 5.94. The average Bonchev–Trinajstić information content (AvgIpc) is 3.24. The standard InChI is InChI=1S/C21H19FN4O3/c22-15-7-4-12(5-8-15)18-11-19(25-24-18)21(28)23-17-3-1-2-13-10-14(20(27)26-29)6-9-16(13)17/h4-11,17,29H,1-3H2,(H,23,28)(H,24,25)(H,26,27)/t17-/m0/s1. The van der Waals surface area contributed by atoms with Gasteiger partial charge < -0.3 is 5.32 Å². The summed E-state index contributed by atoms with van der Waals surface area (Å²) in [5.41, 5.74) is 5.50. The molecule has 0 unspecified atom stereocenters. The first-order chi connectivity index (χ1) is 14.0. The summed E-state index contributed by atoms with van der Waals surface area (Å²) in [6, 6.07) is 12.5. The predicted octanol–water partition coefficient (Wildman–Crippen LogP) is 3.14. The molecule has 148 valence electrons. The number of amides is 2. The van der Waals surface area contributed by atoms with E-state index in [1.807, 2.05) is 0 Å². The van der Waals surface area contributed by atoms with Gasteiger partial charge in [0.15, 0.2) is 0 Å². The first-order valence-corrected chi connectivity index (χ1v) is 9.24. The first kappa shape index (κ1) is 18.8. The molecule has 0 fully saturated rings. The van der Waals surface area contributed by atoms with E-state index in [9.17, 15) is 14.0 Å². The maximum Gasteiger partial charge on any atom is 0.274 e. The van der Waals surface area contributed by atoms with Crippen LogP contribution in [0, 0.1) is 5.82 Å². The number of benzene rings is 2. The molecule has 1 aliphatic carbocycles. The number of hydrogen-bond donors (Lipinski definition) is 4. The lowest BCUT2D eigenvalue weighted by Gasteiger charge is -2.26. The van der Waals surface area contributed by atoms with Gasteiger partial charge in [0.2, 0.25) is 0 Å². The van der Waals surface area contributed by atoms with Crippen LogP contribution in [0.2, 0.25) is 0 Å². The molecule has 1 aliphatic rings. The molecule has 3 aromatic rings. The molecule has 0 saturated carbocycles. The highest BCUT2D eigenvalue weighted by atomic mass is 19.1. The zero-order chi connectivity index (χ0) is 20.4. The van der Waals surface area contributed by atoms with E-state index in [-0.39, 0.29) is 17.8 Å². The number of carbonyl (C=O) groups excluding carboxylic acids is 2. The number of rotatable bonds is 4. The fourth-order valence-electron chi connectivity index (χ4n) is 3.61. The van der Waals surface area contributed by atoms with Crippen molar-refractivity contribution in [1.29, 1.82) is 0 Å². The largest absolute Gasteiger partial charge is 0.344 e. The second-order valence-corrected chi connectivity index (χ2v) is 6.95. The minimum absolute atomic E-state index is 0.185. The van der Waals surface area contributed by atoms with Crippen LogP contribution in [0.3, 0.4) is 0 Å². The van der Waals surface area contributed by atoms with Gasteiger partial charge in [0.1, 0.15) is 11.5 Å². The van der Waals surface area contributed by atoms with Gasteiger partial charge in [-0.1, -0.05) is 6.07 Å². The molecule has 0 saturated heterocycles. The average molecular weight is 394 g/mol. The van der Waals surface area contributed by atoms with Crippen LogP contribution in [0.4, 0.5) is 4.39 Å². The number of aryl methyl sites for hydroxylation is 1. The van der Waals surface area contributed by atoms with Crippen molar-refractivity contribution in [3.05, 3.63) is 76.7 Å². The Balaban J connectivity index is 1.51. The Bertz CT molecular complexity index is 1060. The fourth-order valence-corrected chi connectivity index (χ4v) is 3.61. The number of hydrogen-bond acceptors (Lipinski definition) is 4. The fraction of sp³-hybridized carbons (Fsp3) is 0.190. The van der Waals surface area contributed by atoms with Gasteiger partial charge in [0, 0.05) is 11.1 Å². The lowest BCUT2D eigenvalue weighted by Crippen LogP contribution is -2.31. The van der Waals surface area contributed by atoms with E-state index < -0.39 is 5.91 Å². The highest BCUT2D eigenvalue weighted by Gasteiger charge is 2.24. The molecule has 4 N–H and O–H groups in total. The van der Waals surface area contributed by atoms with E-state index in [0.29, 0.717) is 22.5 Å². The number of carbonyl (C=O) groups is 2. The third kappa shape index (κ3) is 3.88. The monoisotopic (exact) mass is 394 g/mol. The van der Waals surface area contributed by atoms with Gasteiger partial charge in [0.05, 0.1) is 11.7 Å². The Morgan fingerprint density at radius 3 is 2.66 bits per heavy atom. The SMILES string of the molecule is O=C(NO)c1ccc2c(c1)CCC[C@@H]2NC(=O)c1cc(-c2ccc(F)cc2)n[nH]1. The molecule has 2 amide bonds. The molecule has 0 bridgehead atoms. The number of nitrogens with one attached hydrogen (secondary N) is 3. The Morgan fingerprint density at radius 2 is 1.90 bits per heavy atom. The molecule has 2 aromatic carbocycles. The molecule has 7 nitrogen and oxygen atoms in total. The van der Waals surface area contributed by atoms with Crippen molar-refractivity contribution in [2.24, 2.45) is 0 Å². The van der Waals surface area contributed by atoms with Crippen molar-refractivity contribution < 1.29 is 19.2 Å². The van der Waals surface area contributed by atoms with Crippen LogP contribution in [0.5, 0.6) is 0 Å². The molecule has 29 heavy (non-hydrogen) atoms. The molecule has 8 heteroatoms. The second kappa shape index (κ2) is 7.84. The number of nitrogens with zero attached hydrogens (tertiary/aromatic N) is 1. The molecular weight excluding hydrogens is 375 g/mol. The van der Waals surface area contributed by atoms with Crippen molar-refractivity contribution in [3.63, 3.8) is 0 Å². The first-order valence-electron chi connectivity index (χ1n) is 9.24. The quantitative estimate of drug-likeness (QED) is 0.403. The van der Waals surface area contributed by atoms with Gasteiger partial charge in [-0.05, 0) is 72.9 Å². The summed E-state index contributed by atoms with van der Waals surface area (Å²) in [5.74, 6) is -1.19. The molecular formula is C21H19FN4O3. The van der Waals surface area contributed by atoms with E-state index in [1.165, 1.54) is 12.1 Å². The van der Waals surface area contributed by atoms with Crippen molar-refractivity contribution >= 4 is 11.8 Å². The molecule has 1 heterocycles. The zero-order valence-corrected chi connectivity index (χ0v) is 15.4. The van der Waals surface area contributed by atoms with Crippen LogP contribution in [0.15, 0.2) is 48.5 Å². The maximum atomic E-state index is 13.1. The zero-order valence-electron chi connectivity index (χ0n) is 15.4. The smallest absolute Gasteiger partial charge is 0.274 e. The summed E-state index contributed by atoms with van der Waals surface area (Å²) >= 11 is 0. The third-order valence-electron chi connectivity index (χ3n) is 5.09.